The minimum Gasteiger partial charge on any atom is -0.465 e. The third-order valence-corrected chi connectivity index (χ3v) is 22.0. The predicted molar refractivity (Wildman–Crippen MR) is 495 cm³/mol. The van der Waals surface area contributed by atoms with Gasteiger partial charge in [0.1, 0.15) is 0 Å². The van der Waals surface area contributed by atoms with Crippen molar-refractivity contribution in [2.45, 2.75) is 511 Å². The molecule has 0 bridgehead atoms. The van der Waals surface area contributed by atoms with Crippen molar-refractivity contribution in [3.05, 3.63) is 0 Å². The number of carbonyl (C=O) groups is 5. The minimum atomic E-state index is -0.606. The van der Waals surface area contributed by atoms with E-state index in [-0.39, 0.29) is 111 Å². The highest BCUT2D eigenvalue weighted by atomic mass is 16.5. The Morgan fingerprint density at radius 1 is 0.200 bits per heavy atom. The molecule has 0 aliphatic carbocycles. The Morgan fingerprint density at radius 3 is 0.508 bits per heavy atom. The molecule has 0 amide bonds. The van der Waals surface area contributed by atoms with E-state index in [1.807, 2.05) is 34.6 Å². The third kappa shape index (κ3) is 109. The normalized spacial score (nSPS) is 13.4. The van der Waals surface area contributed by atoms with Crippen LogP contribution in [0.1, 0.15) is 486 Å². The number of esters is 5. The second-order valence-corrected chi connectivity index (χ2v) is 35.5. The zero-order chi connectivity index (χ0) is 90.1. The molecule has 0 aliphatic rings. The molecule has 0 aliphatic heterocycles. The topological polar surface area (TPSA) is 334 Å². The second-order valence-electron chi connectivity index (χ2n) is 35.5. The SMILES string of the molecule is CC(CO)COC(=O)CCCCCCCCCCCCCCCO.CCCCCCC(O)C(O)CCCCCCCC(=O)OCC(C)CO.CCCCCCC(O)CCCCCCCCC(=O)OCC(C)CO.CCCCCCCC(O)CCCCCCCC(=O)OCC(C)CO.CCCCCCCCCCCCCCCC(=O)OCC(C)CO. The highest BCUT2D eigenvalue weighted by Crippen LogP contribution is 2.21. The number of ether oxygens (including phenoxy) is 5. The van der Waals surface area contributed by atoms with Gasteiger partial charge in [0.2, 0.25) is 0 Å². The maximum atomic E-state index is 11.5. The van der Waals surface area contributed by atoms with Gasteiger partial charge in [0.15, 0.2) is 0 Å². The van der Waals surface area contributed by atoms with Crippen LogP contribution in [0.2, 0.25) is 0 Å². The number of aliphatic hydroxyl groups excluding tert-OH is 10. The molecule has 0 spiro atoms. The highest BCUT2D eigenvalue weighted by molar-refractivity contribution is 5.70. The molecule has 720 valence electrons. The zero-order valence-corrected chi connectivity index (χ0v) is 79.7. The molecule has 0 heterocycles. The lowest BCUT2D eigenvalue weighted by molar-refractivity contribution is -0.146. The zero-order valence-electron chi connectivity index (χ0n) is 79.7. The number of hydrogen-bond donors (Lipinski definition) is 10. The summed E-state index contributed by atoms with van der Waals surface area (Å²) in [5.74, 6) is -0.625. The molecular weight excluding hydrogens is 1520 g/mol. The molecule has 9 unspecified atom stereocenters. The summed E-state index contributed by atoms with van der Waals surface area (Å²) < 4.78 is 25.4. The molecule has 9 atom stereocenters. The first-order valence-corrected chi connectivity index (χ1v) is 50.3. The largest absolute Gasteiger partial charge is 0.465 e. The first-order chi connectivity index (χ1) is 58.1. The van der Waals surface area contributed by atoms with Crippen LogP contribution in [-0.4, -0.2) is 178 Å². The first kappa shape index (κ1) is 125. The van der Waals surface area contributed by atoms with Gasteiger partial charge >= 0.3 is 29.8 Å². The number of unbranched alkanes of at least 4 members (excludes halogenated alkanes) is 47. The molecule has 0 aromatic heterocycles. The van der Waals surface area contributed by atoms with Crippen LogP contribution in [0.3, 0.4) is 0 Å². The molecule has 0 radical (unpaired) electrons. The first-order valence-electron chi connectivity index (χ1n) is 50.3. The summed E-state index contributed by atoms with van der Waals surface area (Å²) in [6, 6.07) is 0. The van der Waals surface area contributed by atoms with Gasteiger partial charge in [-0.25, -0.2) is 0 Å². The fourth-order valence-electron chi connectivity index (χ4n) is 13.3. The second kappa shape index (κ2) is 105. The van der Waals surface area contributed by atoms with E-state index in [1.165, 1.54) is 205 Å². The molecule has 10 N–H and O–H groups in total. The van der Waals surface area contributed by atoms with Gasteiger partial charge in [-0.15, -0.1) is 0 Å². The van der Waals surface area contributed by atoms with Crippen molar-refractivity contribution in [1.82, 2.24) is 0 Å². The van der Waals surface area contributed by atoms with Gasteiger partial charge in [-0.2, -0.15) is 0 Å². The van der Waals surface area contributed by atoms with Crippen LogP contribution in [0.4, 0.5) is 0 Å². The maximum absolute atomic E-state index is 11.5. The van der Waals surface area contributed by atoms with E-state index in [2.05, 4.69) is 27.7 Å². The number of aliphatic hydroxyl groups is 10. The van der Waals surface area contributed by atoms with Crippen molar-refractivity contribution < 1.29 is 98.7 Å². The van der Waals surface area contributed by atoms with Crippen molar-refractivity contribution in [2.24, 2.45) is 29.6 Å². The smallest absolute Gasteiger partial charge is 0.305 e. The fraction of sp³-hybridized carbons (Fsp3) is 0.950. The molecule has 0 fully saturated rings. The van der Waals surface area contributed by atoms with Crippen LogP contribution in [0.25, 0.3) is 0 Å². The molecule has 0 aromatic carbocycles. The maximum Gasteiger partial charge on any atom is 0.305 e. The van der Waals surface area contributed by atoms with Crippen LogP contribution in [0.5, 0.6) is 0 Å². The molecule has 120 heavy (non-hydrogen) atoms. The van der Waals surface area contributed by atoms with Crippen LogP contribution in [-0.2, 0) is 47.7 Å². The van der Waals surface area contributed by atoms with E-state index in [0.29, 0.717) is 78.0 Å². The summed E-state index contributed by atoms with van der Waals surface area (Å²) >= 11 is 0. The van der Waals surface area contributed by atoms with Crippen molar-refractivity contribution in [1.29, 1.82) is 0 Å². The summed E-state index contributed by atoms with van der Waals surface area (Å²) in [7, 11) is 0. The number of rotatable bonds is 86. The molecule has 20 nitrogen and oxygen atoms in total. The summed E-state index contributed by atoms with van der Waals surface area (Å²) in [4.78, 5) is 57.3. The Morgan fingerprint density at radius 2 is 0.342 bits per heavy atom. The fourth-order valence-corrected chi connectivity index (χ4v) is 13.3. The van der Waals surface area contributed by atoms with Crippen molar-refractivity contribution in [3.8, 4) is 0 Å². The monoisotopic (exact) mass is 1720 g/mol. The van der Waals surface area contributed by atoms with E-state index < -0.39 is 12.2 Å². The van der Waals surface area contributed by atoms with Crippen molar-refractivity contribution in [2.75, 3.05) is 72.7 Å². The summed E-state index contributed by atoms with van der Waals surface area (Å²) in [5, 5.41) is 92.6. The van der Waals surface area contributed by atoms with Gasteiger partial charge in [-0.1, -0.05) is 377 Å². The van der Waals surface area contributed by atoms with Crippen LogP contribution >= 0.6 is 0 Å². The van der Waals surface area contributed by atoms with Crippen LogP contribution in [0.15, 0.2) is 0 Å². The molecule has 0 saturated carbocycles. The highest BCUT2D eigenvalue weighted by Gasteiger charge is 2.17. The average molecular weight is 1720 g/mol. The Balaban J connectivity index is -0.000000459. The van der Waals surface area contributed by atoms with Crippen LogP contribution < -0.4 is 0 Å². The van der Waals surface area contributed by atoms with Gasteiger partial charge in [0.05, 0.1) is 57.5 Å². The average Bonchev–Trinajstić information content (AvgIpc) is 0.974. The summed E-state index contributed by atoms with van der Waals surface area (Å²) in [5.41, 5.74) is 0. The quantitative estimate of drug-likeness (QED) is 0.0154. The lowest BCUT2D eigenvalue weighted by Crippen LogP contribution is -2.25. The van der Waals surface area contributed by atoms with Crippen LogP contribution in [0, 0.1) is 29.6 Å². The standard InChI is InChI=1S/C20H40O5.3C20H40O4.C20H40O3/c1-3-4-5-9-12-18(22)19(23)13-10-7-6-8-11-14-20(24)25-16-17(2)15-21;1-19(17-22)18-24-20(23)15-13-11-9-7-5-3-2-4-6-8-10-12-14-16-21;1-3-4-5-10-13-19(22)14-11-8-6-7-9-12-15-20(23)24-17-18(2)16-21;1-3-4-5-7-10-13-19(22)14-11-8-6-9-12-15-20(23)24-17-18(2)16-21;1-3-4-5-6-7-8-9-10-11-12-13-14-15-16-20(22)23-18-19(2)17-21/h17-19,21-23H,3-16H2,1-2H3;19,21-22H,2-18H2,1H3;2*18-19,21-22H,3-17H2,1-2H3;19,21H,3-18H2,1-2H3. The van der Waals surface area contributed by atoms with Gasteiger partial charge in [-0.05, 0) is 77.0 Å². The van der Waals surface area contributed by atoms with E-state index in [4.69, 9.17) is 54.3 Å². The van der Waals surface area contributed by atoms with Gasteiger partial charge in [0, 0.05) is 101 Å². The summed E-state index contributed by atoms with van der Waals surface area (Å²) in [6.45, 7) is 20.3. The van der Waals surface area contributed by atoms with Gasteiger partial charge in [-0.3, -0.25) is 24.0 Å². The lowest BCUT2D eigenvalue weighted by atomic mass is 10.00. The van der Waals surface area contributed by atoms with E-state index in [1.54, 1.807) is 0 Å². The lowest BCUT2D eigenvalue weighted by Gasteiger charge is -2.17. The van der Waals surface area contributed by atoms with Crippen molar-refractivity contribution >= 4 is 29.8 Å². The molecule has 0 aromatic rings. The van der Waals surface area contributed by atoms with E-state index in [9.17, 15) is 44.4 Å². The third-order valence-electron chi connectivity index (χ3n) is 22.0. The Kier molecular flexibility index (Phi) is 109. The Bertz CT molecular complexity index is 2040. The minimum absolute atomic E-state index is 0.00243. The molecule has 20 heteroatoms. The molecular formula is C100H200O20. The molecule has 0 rings (SSSR count). The molecule has 0 saturated heterocycles. The van der Waals surface area contributed by atoms with E-state index in [0.717, 1.165) is 173 Å². The summed E-state index contributed by atoms with van der Waals surface area (Å²) in [6.07, 6.45) is 71.2. The van der Waals surface area contributed by atoms with Crippen molar-refractivity contribution in [3.63, 3.8) is 0 Å². The predicted octanol–water partition coefficient (Wildman–Crippen LogP) is 23.1. The van der Waals surface area contributed by atoms with Gasteiger partial charge in [0.25, 0.3) is 0 Å². The van der Waals surface area contributed by atoms with Gasteiger partial charge < -0.3 is 74.7 Å². The number of carbonyl (C=O) groups excluding carboxylic acids is 5. The Labute approximate surface area is 737 Å². The van der Waals surface area contributed by atoms with E-state index >= 15 is 0 Å². The Hall–Kier alpha value is -3.05. The number of hydrogen-bond acceptors (Lipinski definition) is 20.